The van der Waals surface area contributed by atoms with Crippen LogP contribution in [0.15, 0.2) is 0 Å². The van der Waals surface area contributed by atoms with E-state index in [4.69, 9.17) is 14.5 Å². The van der Waals surface area contributed by atoms with Gasteiger partial charge < -0.3 is 19.3 Å². The molecule has 0 saturated carbocycles. The first-order valence-corrected chi connectivity index (χ1v) is 11.3. The zero-order valence-corrected chi connectivity index (χ0v) is 18.9. The van der Waals surface area contributed by atoms with E-state index < -0.39 is 0 Å². The summed E-state index contributed by atoms with van der Waals surface area (Å²) in [6, 6.07) is 2.44. The van der Waals surface area contributed by atoms with Crippen molar-refractivity contribution in [3.8, 4) is 6.07 Å². The number of aryl methyl sites for hydroxylation is 1. The van der Waals surface area contributed by atoms with Crippen LogP contribution in [0.1, 0.15) is 43.2 Å². The van der Waals surface area contributed by atoms with E-state index in [1.807, 2.05) is 4.90 Å². The Morgan fingerprint density at radius 3 is 2.48 bits per heavy atom. The second-order valence-corrected chi connectivity index (χ2v) is 9.16. The molecule has 8 nitrogen and oxygen atoms in total. The third-order valence-corrected chi connectivity index (χ3v) is 6.53. The minimum absolute atomic E-state index is 0.175. The molecule has 1 aromatic rings. The van der Waals surface area contributed by atoms with Crippen molar-refractivity contribution in [2.75, 3.05) is 63.9 Å². The van der Waals surface area contributed by atoms with E-state index in [0.717, 1.165) is 42.1 Å². The van der Waals surface area contributed by atoms with Gasteiger partial charge in [0.1, 0.15) is 11.9 Å². The Kier molecular flexibility index (Phi) is 6.47. The van der Waals surface area contributed by atoms with Gasteiger partial charge in [-0.25, -0.2) is 4.98 Å². The molecule has 0 bridgehead atoms. The number of piperazine rings is 1. The van der Waals surface area contributed by atoms with Gasteiger partial charge in [0.25, 0.3) is 0 Å². The molecule has 0 aliphatic carbocycles. The molecule has 0 unspecified atom stereocenters. The van der Waals surface area contributed by atoms with Crippen LogP contribution in [0, 0.1) is 11.3 Å². The number of ether oxygens (including phenoxy) is 2. The minimum Gasteiger partial charge on any atom is -0.379 e. The van der Waals surface area contributed by atoms with Crippen molar-refractivity contribution >= 4 is 11.7 Å². The third-order valence-electron chi connectivity index (χ3n) is 6.53. The summed E-state index contributed by atoms with van der Waals surface area (Å²) in [4.78, 5) is 23.9. The van der Waals surface area contributed by atoms with Crippen molar-refractivity contribution in [2.45, 2.75) is 45.8 Å². The lowest BCUT2D eigenvalue weighted by Crippen LogP contribution is -2.52. The summed E-state index contributed by atoms with van der Waals surface area (Å²) < 4.78 is 11.4. The van der Waals surface area contributed by atoms with Crippen LogP contribution in [0.2, 0.25) is 0 Å². The molecule has 3 aliphatic heterocycles. The number of carbonyl (C=O) groups is 1. The van der Waals surface area contributed by atoms with Crippen LogP contribution >= 0.6 is 0 Å². The molecule has 168 valence electrons. The Balaban J connectivity index is 1.49. The number of nitriles is 1. The summed E-state index contributed by atoms with van der Waals surface area (Å²) >= 11 is 0. The number of hydrogen-bond donors (Lipinski definition) is 0. The largest absolute Gasteiger partial charge is 0.379 e. The molecule has 8 heteroatoms. The first-order valence-electron chi connectivity index (χ1n) is 11.3. The van der Waals surface area contributed by atoms with Crippen molar-refractivity contribution in [2.24, 2.45) is 0 Å². The Morgan fingerprint density at radius 2 is 1.84 bits per heavy atom. The molecule has 0 atom stereocenters. The quantitative estimate of drug-likeness (QED) is 0.717. The van der Waals surface area contributed by atoms with Gasteiger partial charge >= 0.3 is 0 Å². The Labute approximate surface area is 184 Å². The van der Waals surface area contributed by atoms with Gasteiger partial charge in [0, 0.05) is 56.9 Å². The highest BCUT2D eigenvalue weighted by Gasteiger charge is 2.33. The summed E-state index contributed by atoms with van der Waals surface area (Å²) in [5.74, 6) is 0.949. The van der Waals surface area contributed by atoms with Crippen LogP contribution < -0.4 is 4.90 Å². The van der Waals surface area contributed by atoms with E-state index in [9.17, 15) is 10.1 Å². The molecular formula is C23H33N5O3. The minimum atomic E-state index is -0.285. The zero-order valence-electron chi connectivity index (χ0n) is 18.9. The summed E-state index contributed by atoms with van der Waals surface area (Å²) in [6.07, 6.45) is 1.52. The van der Waals surface area contributed by atoms with E-state index in [1.54, 1.807) is 0 Å². The highest BCUT2D eigenvalue weighted by Crippen LogP contribution is 2.35. The van der Waals surface area contributed by atoms with Crippen molar-refractivity contribution in [3.63, 3.8) is 0 Å². The average Bonchev–Trinajstić information content (AvgIpc) is 2.78. The second-order valence-electron chi connectivity index (χ2n) is 9.16. The van der Waals surface area contributed by atoms with Crippen molar-refractivity contribution in [1.29, 1.82) is 5.26 Å². The second kappa shape index (κ2) is 9.11. The van der Waals surface area contributed by atoms with Crippen LogP contribution in [-0.2, 0) is 33.7 Å². The third kappa shape index (κ3) is 4.69. The highest BCUT2D eigenvalue weighted by atomic mass is 16.5. The van der Waals surface area contributed by atoms with Gasteiger partial charge in [0.2, 0.25) is 5.91 Å². The standard InChI is InChI=1S/C23H33N5O3/c1-4-20-19-16-31-23(2,3)13-17(19)18(14-24)22(25-20)28-7-5-27(6-8-28)21(29)15-26-9-11-30-12-10-26/h4-13,15-16H2,1-3H3. The fourth-order valence-corrected chi connectivity index (χ4v) is 4.68. The SMILES string of the molecule is CCc1nc(N2CCN(C(=O)CN3CCOCC3)CC2)c(C#N)c2c1COC(C)(C)C2. The lowest BCUT2D eigenvalue weighted by molar-refractivity contribution is -0.133. The van der Waals surface area contributed by atoms with Crippen LogP contribution in [0.3, 0.4) is 0 Å². The van der Waals surface area contributed by atoms with Gasteiger partial charge in [-0.3, -0.25) is 9.69 Å². The number of hydrogen-bond acceptors (Lipinski definition) is 7. The van der Waals surface area contributed by atoms with Gasteiger partial charge in [0.05, 0.1) is 37.5 Å². The number of pyridine rings is 1. The van der Waals surface area contributed by atoms with E-state index in [1.165, 1.54) is 0 Å². The van der Waals surface area contributed by atoms with E-state index in [0.29, 0.717) is 64.5 Å². The zero-order chi connectivity index (χ0) is 22.0. The molecule has 0 radical (unpaired) electrons. The van der Waals surface area contributed by atoms with Gasteiger partial charge in [-0.05, 0) is 25.8 Å². The molecule has 2 saturated heterocycles. The molecule has 4 rings (SSSR count). The number of fused-ring (bicyclic) bond motifs is 1. The Morgan fingerprint density at radius 1 is 1.13 bits per heavy atom. The maximum absolute atomic E-state index is 12.7. The van der Waals surface area contributed by atoms with E-state index in [-0.39, 0.29) is 11.5 Å². The molecule has 0 aromatic carbocycles. The molecule has 31 heavy (non-hydrogen) atoms. The van der Waals surface area contributed by atoms with Crippen LogP contribution in [0.25, 0.3) is 0 Å². The molecule has 3 aliphatic rings. The molecule has 0 N–H and O–H groups in total. The van der Waals surface area contributed by atoms with Crippen LogP contribution in [0.4, 0.5) is 5.82 Å². The van der Waals surface area contributed by atoms with Gasteiger partial charge in [-0.1, -0.05) is 6.92 Å². The Hall–Kier alpha value is -2.21. The lowest BCUT2D eigenvalue weighted by Gasteiger charge is -2.39. The summed E-state index contributed by atoms with van der Waals surface area (Å²) in [5, 5.41) is 10.0. The van der Waals surface area contributed by atoms with Crippen LogP contribution in [-0.4, -0.2) is 85.3 Å². The van der Waals surface area contributed by atoms with Crippen molar-refractivity contribution < 1.29 is 14.3 Å². The number of morpholine rings is 1. The van der Waals surface area contributed by atoms with Gasteiger partial charge in [-0.15, -0.1) is 0 Å². The number of anilines is 1. The topological polar surface area (TPSA) is 81.9 Å². The lowest BCUT2D eigenvalue weighted by atomic mass is 9.87. The smallest absolute Gasteiger partial charge is 0.236 e. The molecular weight excluding hydrogens is 394 g/mol. The molecule has 2 fully saturated rings. The first kappa shape index (κ1) is 22.0. The predicted octanol–water partition coefficient (Wildman–Crippen LogP) is 1.35. The molecule has 1 aromatic heterocycles. The normalized spacial score (nSPS) is 21.5. The van der Waals surface area contributed by atoms with Gasteiger partial charge in [-0.2, -0.15) is 5.26 Å². The molecule has 1 amide bonds. The average molecular weight is 428 g/mol. The molecule has 4 heterocycles. The van der Waals surface area contributed by atoms with Gasteiger partial charge in [0.15, 0.2) is 0 Å². The summed E-state index contributed by atoms with van der Waals surface area (Å²) in [5.41, 5.74) is 3.59. The first-order chi connectivity index (χ1) is 14.9. The maximum Gasteiger partial charge on any atom is 0.236 e. The highest BCUT2D eigenvalue weighted by molar-refractivity contribution is 5.78. The number of rotatable bonds is 4. The summed E-state index contributed by atoms with van der Waals surface area (Å²) in [6.45, 7) is 12.9. The van der Waals surface area contributed by atoms with Crippen molar-refractivity contribution in [3.05, 3.63) is 22.4 Å². The number of aromatic nitrogens is 1. The van der Waals surface area contributed by atoms with Crippen LogP contribution in [0.5, 0.6) is 0 Å². The number of carbonyl (C=O) groups excluding carboxylic acids is 1. The number of amides is 1. The fourth-order valence-electron chi connectivity index (χ4n) is 4.68. The van der Waals surface area contributed by atoms with E-state index >= 15 is 0 Å². The maximum atomic E-state index is 12.7. The number of nitrogens with zero attached hydrogens (tertiary/aromatic N) is 5. The predicted molar refractivity (Wildman–Crippen MR) is 117 cm³/mol. The Bertz CT molecular complexity index is 865. The van der Waals surface area contributed by atoms with Crippen molar-refractivity contribution in [1.82, 2.24) is 14.8 Å². The van der Waals surface area contributed by atoms with E-state index in [2.05, 4.69) is 36.6 Å². The monoisotopic (exact) mass is 427 g/mol. The molecule has 0 spiro atoms. The fraction of sp³-hybridized carbons (Fsp3) is 0.696. The summed E-state index contributed by atoms with van der Waals surface area (Å²) in [7, 11) is 0.